The van der Waals surface area contributed by atoms with Crippen LogP contribution in [0.15, 0.2) is 29.5 Å². The van der Waals surface area contributed by atoms with Gasteiger partial charge in [-0.2, -0.15) is 0 Å². The summed E-state index contributed by atoms with van der Waals surface area (Å²) in [6.07, 6.45) is 9.79. The molecule has 31 heavy (non-hydrogen) atoms. The first-order valence-corrected chi connectivity index (χ1v) is 11.5. The van der Waals surface area contributed by atoms with E-state index < -0.39 is 0 Å². The maximum atomic E-state index is 12.8. The quantitative estimate of drug-likeness (QED) is 0.724. The molecular weight excluding hydrogens is 386 g/mol. The molecule has 6 nitrogen and oxygen atoms in total. The van der Waals surface area contributed by atoms with Crippen molar-refractivity contribution >= 4 is 28.8 Å². The van der Waals surface area contributed by atoms with Gasteiger partial charge in [-0.05, 0) is 58.1 Å². The molecule has 0 bridgehead atoms. The Kier molecular flexibility index (Phi) is 5.03. The molecule has 3 aliphatic rings. The third-order valence-corrected chi connectivity index (χ3v) is 7.12. The number of benzene rings is 1. The monoisotopic (exact) mass is 417 g/mol. The van der Waals surface area contributed by atoms with E-state index in [1.807, 2.05) is 6.92 Å². The summed E-state index contributed by atoms with van der Waals surface area (Å²) in [6, 6.07) is 6.95. The van der Waals surface area contributed by atoms with Crippen LogP contribution in [0.4, 0.5) is 17.2 Å². The molecule has 0 atom stereocenters. The SMILES string of the molecule is CC(=Nc1c(C)ncnc1N1CC2(CC2)c2cc(C)ccc21)C(=O)NC1CCCCC1. The molecule has 1 amide bonds. The Morgan fingerprint density at radius 2 is 1.94 bits per heavy atom. The van der Waals surface area contributed by atoms with E-state index in [1.165, 1.54) is 48.9 Å². The van der Waals surface area contributed by atoms with E-state index in [4.69, 9.17) is 4.99 Å². The molecule has 5 rings (SSSR count). The highest BCUT2D eigenvalue weighted by molar-refractivity contribution is 6.38. The molecule has 2 heterocycles. The van der Waals surface area contributed by atoms with E-state index in [1.54, 1.807) is 13.3 Å². The molecular formula is C25H31N5O. The fourth-order valence-corrected chi connectivity index (χ4v) is 5.09. The molecule has 6 heteroatoms. The molecule has 0 saturated heterocycles. The highest BCUT2D eigenvalue weighted by atomic mass is 16.1. The van der Waals surface area contributed by atoms with Crippen LogP contribution in [0.5, 0.6) is 0 Å². The largest absolute Gasteiger partial charge is 0.348 e. The number of carbonyl (C=O) groups is 1. The van der Waals surface area contributed by atoms with Crippen LogP contribution >= 0.6 is 0 Å². The van der Waals surface area contributed by atoms with Gasteiger partial charge in [0.2, 0.25) is 0 Å². The predicted molar refractivity (Wildman–Crippen MR) is 124 cm³/mol. The summed E-state index contributed by atoms with van der Waals surface area (Å²) in [5, 5.41) is 3.17. The van der Waals surface area contributed by atoms with Crippen molar-refractivity contribution in [2.24, 2.45) is 4.99 Å². The number of amides is 1. The smallest absolute Gasteiger partial charge is 0.265 e. The van der Waals surface area contributed by atoms with Gasteiger partial charge in [0.25, 0.3) is 5.91 Å². The second-order valence-corrected chi connectivity index (χ2v) is 9.52. The van der Waals surface area contributed by atoms with Crippen LogP contribution in [-0.2, 0) is 10.2 Å². The Morgan fingerprint density at radius 3 is 2.68 bits per heavy atom. The molecule has 162 valence electrons. The second kappa shape index (κ2) is 7.74. The summed E-state index contributed by atoms with van der Waals surface area (Å²) in [5.74, 6) is 0.711. The number of anilines is 2. The van der Waals surface area contributed by atoms with Gasteiger partial charge in [0.15, 0.2) is 5.82 Å². The lowest BCUT2D eigenvalue weighted by atomic mass is 9.95. The van der Waals surface area contributed by atoms with Gasteiger partial charge in [-0.1, -0.05) is 37.0 Å². The van der Waals surface area contributed by atoms with E-state index in [9.17, 15) is 4.79 Å². The average molecular weight is 418 g/mol. The number of carbonyl (C=O) groups excluding carboxylic acids is 1. The number of aromatic nitrogens is 2. The van der Waals surface area contributed by atoms with Crippen molar-refractivity contribution in [1.82, 2.24) is 15.3 Å². The van der Waals surface area contributed by atoms with Gasteiger partial charge in [0.1, 0.15) is 17.7 Å². The van der Waals surface area contributed by atoms with E-state index in [2.05, 4.69) is 45.3 Å². The number of aryl methyl sites for hydroxylation is 2. The van der Waals surface area contributed by atoms with Gasteiger partial charge in [-0.15, -0.1) is 0 Å². The molecule has 1 aliphatic heterocycles. The zero-order valence-corrected chi connectivity index (χ0v) is 18.7. The summed E-state index contributed by atoms with van der Waals surface area (Å²) in [7, 11) is 0. The Balaban J connectivity index is 1.47. The zero-order chi connectivity index (χ0) is 21.6. The van der Waals surface area contributed by atoms with Crippen LogP contribution in [0.25, 0.3) is 0 Å². The standard InChI is InChI=1S/C25H31N5O/c1-16-9-10-21-20(13-16)25(11-12-25)14-30(21)23-22(17(2)26-15-27-23)28-18(3)24(31)29-19-7-5-4-6-8-19/h9-10,13,15,19H,4-8,11-12,14H2,1-3H3,(H,29,31). The first kappa shape index (κ1) is 20.2. The molecule has 1 aromatic heterocycles. The van der Waals surface area contributed by atoms with Crippen molar-refractivity contribution in [3.63, 3.8) is 0 Å². The van der Waals surface area contributed by atoms with Crippen molar-refractivity contribution in [2.75, 3.05) is 11.4 Å². The van der Waals surface area contributed by atoms with Crippen molar-refractivity contribution in [2.45, 2.75) is 77.2 Å². The summed E-state index contributed by atoms with van der Waals surface area (Å²) in [6.45, 7) is 6.79. The van der Waals surface area contributed by atoms with Gasteiger partial charge < -0.3 is 10.2 Å². The summed E-state index contributed by atoms with van der Waals surface area (Å²) in [4.78, 5) is 28.9. The molecule has 2 aliphatic carbocycles. The van der Waals surface area contributed by atoms with Gasteiger partial charge >= 0.3 is 0 Å². The Morgan fingerprint density at radius 1 is 1.16 bits per heavy atom. The third-order valence-electron chi connectivity index (χ3n) is 7.12. The van der Waals surface area contributed by atoms with Crippen LogP contribution in [0, 0.1) is 13.8 Å². The Bertz CT molecular complexity index is 1050. The number of fused-ring (bicyclic) bond motifs is 2. The minimum absolute atomic E-state index is 0.0859. The maximum Gasteiger partial charge on any atom is 0.265 e. The fourth-order valence-electron chi connectivity index (χ4n) is 5.09. The Hall–Kier alpha value is -2.76. The summed E-state index contributed by atoms with van der Waals surface area (Å²) < 4.78 is 0. The van der Waals surface area contributed by atoms with Crippen LogP contribution in [0.1, 0.15) is 68.7 Å². The van der Waals surface area contributed by atoms with Gasteiger partial charge in [0.05, 0.1) is 5.69 Å². The number of hydrogen-bond donors (Lipinski definition) is 1. The first-order valence-electron chi connectivity index (χ1n) is 11.5. The van der Waals surface area contributed by atoms with E-state index in [0.717, 1.165) is 30.9 Å². The average Bonchev–Trinajstić information content (AvgIpc) is 3.48. The van der Waals surface area contributed by atoms with Crippen LogP contribution in [-0.4, -0.2) is 34.2 Å². The maximum absolute atomic E-state index is 12.8. The van der Waals surface area contributed by atoms with Gasteiger partial charge in [-0.25, -0.2) is 15.0 Å². The lowest BCUT2D eigenvalue weighted by Gasteiger charge is -2.23. The molecule has 2 fully saturated rings. The molecule has 2 saturated carbocycles. The molecule has 0 radical (unpaired) electrons. The number of hydrogen-bond acceptors (Lipinski definition) is 5. The molecule has 1 aromatic carbocycles. The van der Waals surface area contributed by atoms with Gasteiger partial charge in [0, 0.05) is 23.7 Å². The van der Waals surface area contributed by atoms with Crippen LogP contribution in [0.3, 0.4) is 0 Å². The van der Waals surface area contributed by atoms with Gasteiger partial charge in [-0.3, -0.25) is 4.79 Å². The number of rotatable bonds is 4. The summed E-state index contributed by atoms with van der Waals surface area (Å²) in [5.41, 5.74) is 6.12. The van der Waals surface area contributed by atoms with E-state index >= 15 is 0 Å². The fraction of sp³-hybridized carbons (Fsp3) is 0.520. The number of aliphatic imine (C=N–C) groups is 1. The predicted octanol–water partition coefficient (Wildman–Crippen LogP) is 4.82. The van der Waals surface area contributed by atoms with Crippen molar-refractivity contribution in [3.8, 4) is 0 Å². The van der Waals surface area contributed by atoms with Crippen LogP contribution < -0.4 is 10.2 Å². The lowest BCUT2D eigenvalue weighted by Crippen LogP contribution is -2.39. The minimum Gasteiger partial charge on any atom is -0.348 e. The normalized spacial score (nSPS) is 20.1. The lowest BCUT2D eigenvalue weighted by molar-refractivity contribution is -0.115. The topological polar surface area (TPSA) is 70.5 Å². The van der Waals surface area contributed by atoms with Crippen molar-refractivity contribution in [3.05, 3.63) is 41.3 Å². The Labute approximate surface area is 184 Å². The second-order valence-electron chi connectivity index (χ2n) is 9.52. The number of nitrogens with zero attached hydrogens (tertiary/aromatic N) is 4. The third kappa shape index (κ3) is 3.73. The van der Waals surface area contributed by atoms with Crippen molar-refractivity contribution in [1.29, 1.82) is 0 Å². The number of nitrogens with one attached hydrogen (secondary N) is 1. The van der Waals surface area contributed by atoms with E-state index in [-0.39, 0.29) is 17.4 Å². The molecule has 0 unspecified atom stereocenters. The molecule has 1 N–H and O–H groups in total. The first-order chi connectivity index (χ1) is 15.0. The molecule has 2 aromatic rings. The zero-order valence-electron chi connectivity index (χ0n) is 18.7. The van der Waals surface area contributed by atoms with Crippen LogP contribution in [0.2, 0.25) is 0 Å². The van der Waals surface area contributed by atoms with E-state index in [0.29, 0.717) is 11.4 Å². The molecule has 1 spiro atoms. The van der Waals surface area contributed by atoms with Crippen molar-refractivity contribution < 1.29 is 4.79 Å². The summed E-state index contributed by atoms with van der Waals surface area (Å²) >= 11 is 0. The highest BCUT2D eigenvalue weighted by Crippen LogP contribution is 2.58. The highest BCUT2D eigenvalue weighted by Gasteiger charge is 2.52. The minimum atomic E-state index is -0.0859.